The molecule has 144 valence electrons. The first-order valence-corrected chi connectivity index (χ1v) is 9.53. The predicted molar refractivity (Wildman–Crippen MR) is 103 cm³/mol. The molecule has 1 fully saturated rings. The number of carbonyl (C=O) groups is 1. The summed E-state index contributed by atoms with van der Waals surface area (Å²) in [4.78, 5) is 27.8. The molecular weight excluding hydrogens is 340 g/mol. The van der Waals surface area contributed by atoms with Crippen molar-refractivity contribution < 1.29 is 9.53 Å². The number of rotatable bonds is 6. The summed E-state index contributed by atoms with van der Waals surface area (Å²) in [6.07, 6.45) is 9.12. The molecule has 0 amide bonds. The van der Waals surface area contributed by atoms with Crippen LogP contribution in [0, 0.1) is 5.92 Å². The molecule has 0 radical (unpaired) electrons. The lowest BCUT2D eigenvalue weighted by Crippen LogP contribution is -2.37. The van der Waals surface area contributed by atoms with Gasteiger partial charge in [0.2, 0.25) is 5.88 Å². The molecule has 0 N–H and O–H groups in total. The Balaban J connectivity index is 1.53. The first-order chi connectivity index (χ1) is 12.9. The molecule has 6 heteroatoms. The fourth-order valence-electron chi connectivity index (χ4n) is 3.31. The highest BCUT2D eigenvalue weighted by Crippen LogP contribution is 2.24. The van der Waals surface area contributed by atoms with Crippen molar-refractivity contribution in [2.75, 3.05) is 13.1 Å². The maximum atomic E-state index is 12.6. The third-order valence-electron chi connectivity index (χ3n) is 4.66. The summed E-state index contributed by atoms with van der Waals surface area (Å²) in [5, 5.41) is 0. The van der Waals surface area contributed by atoms with Crippen LogP contribution in [0.5, 0.6) is 5.88 Å². The number of ether oxygens (including phenoxy) is 1. The first-order valence-electron chi connectivity index (χ1n) is 9.53. The Morgan fingerprint density at radius 3 is 2.59 bits per heavy atom. The van der Waals surface area contributed by atoms with Crippen molar-refractivity contribution in [1.82, 2.24) is 19.9 Å². The van der Waals surface area contributed by atoms with Crippen LogP contribution in [-0.4, -0.2) is 44.3 Å². The first kappa shape index (κ1) is 19.4. The number of piperidine rings is 1. The third-order valence-corrected chi connectivity index (χ3v) is 4.66. The van der Waals surface area contributed by atoms with E-state index >= 15 is 0 Å². The molecule has 0 spiro atoms. The lowest BCUT2D eigenvalue weighted by molar-refractivity contribution is -0.123. The standard InChI is InChI=1S/C21H28N4O2/c1-21(2,3)27-20-18(23-9-10-24-20)15-25-11-6-17(7-12-25)19(26)13-16-5-4-8-22-14-16/h4-5,8-10,14,17H,6-7,11-13,15H2,1-3H3. The zero-order valence-electron chi connectivity index (χ0n) is 16.4. The van der Waals surface area contributed by atoms with Crippen LogP contribution in [-0.2, 0) is 17.8 Å². The van der Waals surface area contributed by atoms with Crippen molar-refractivity contribution in [2.45, 2.75) is 52.2 Å². The van der Waals surface area contributed by atoms with Crippen LogP contribution in [0.1, 0.15) is 44.9 Å². The minimum absolute atomic E-state index is 0.133. The molecule has 0 bridgehead atoms. The number of ketones is 1. The topological polar surface area (TPSA) is 68.2 Å². The smallest absolute Gasteiger partial charge is 0.237 e. The van der Waals surface area contributed by atoms with Gasteiger partial charge in [-0.15, -0.1) is 0 Å². The summed E-state index contributed by atoms with van der Waals surface area (Å²) in [6.45, 7) is 8.48. The van der Waals surface area contributed by atoms with Crippen LogP contribution in [0.15, 0.2) is 36.9 Å². The number of aromatic nitrogens is 3. The van der Waals surface area contributed by atoms with Gasteiger partial charge in [0.05, 0.1) is 0 Å². The number of hydrogen-bond acceptors (Lipinski definition) is 6. The summed E-state index contributed by atoms with van der Waals surface area (Å²) in [5.41, 5.74) is 1.54. The van der Waals surface area contributed by atoms with E-state index in [1.165, 1.54) is 0 Å². The Bertz CT molecular complexity index is 750. The molecule has 2 aromatic heterocycles. The number of likely N-dealkylation sites (tertiary alicyclic amines) is 1. The Kier molecular flexibility index (Phi) is 6.16. The molecule has 0 unspecified atom stereocenters. The summed E-state index contributed by atoms with van der Waals surface area (Å²) in [6, 6.07) is 3.84. The van der Waals surface area contributed by atoms with Crippen molar-refractivity contribution in [3.8, 4) is 5.88 Å². The van der Waals surface area contributed by atoms with Crippen molar-refractivity contribution in [1.29, 1.82) is 0 Å². The van der Waals surface area contributed by atoms with E-state index in [1.54, 1.807) is 24.8 Å². The Hall–Kier alpha value is -2.34. The second-order valence-corrected chi connectivity index (χ2v) is 8.08. The monoisotopic (exact) mass is 368 g/mol. The molecule has 0 saturated carbocycles. The molecule has 1 aliphatic rings. The van der Waals surface area contributed by atoms with Gasteiger partial charge in [0.1, 0.15) is 17.1 Å². The van der Waals surface area contributed by atoms with Gasteiger partial charge in [-0.25, -0.2) is 4.98 Å². The van der Waals surface area contributed by atoms with Gasteiger partial charge in [-0.05, 0) is 58.3 Å². The molecule has 1 saturated heterocycles. The summed E-state index contributed by atoms with van der Waals surface area (Å²) < 4.78 is 5.94. The third kappa shape index (κ3) is 5.82. The fraction of sp³-hybridized carbons (Fsp3) is 0.524. The summed E-state index contributed by atoms with van der Waals surface area (Å²) >= 11 is 0. The van der Waals surface area contributed by atoms with Crippen LogP contribution in [0.3, 0.4) is 0 Å². The quantitative estimate of drug-likeness (QED) is 0.780. The Morgan fingerprint density at radius 1 is 1.19 bits per heavy atom. The Morgan fingerprint density at radius 2 is 1.93 bits per heavy atom. The highest BCUT2D eigenvalue weighted by atomic mass is 16.5. The number of pyridine rings is 1. The molecular formula is C21H28N4O2. The zero-order valence-corrected chi connectivity index (χ0v) is 16.4. The average Bonchev–Trinajstić information content (AvgIpc) is 2.63. The molecule has 0 aromatic carbocycles. The number of Topliss-reactive ketones (excluding diaryl/α,β-unsaturated/α-hetero) is 1. The van der Waals surface area contributed by atoms with E-state index < -0.39 is 0 Å². The maximum absolute atomic E-state index is 12.6. The van der Waals surface area contributed by atoms with Crippen molar-refractivity contribution >= 4 is 5.78 Å². The minimum atomic E-state index is -0.309. The van der Waals surface area contributed by atoms with Gasteiger partial charge in [-0.3, -0.25) is 19.7 Å². The normalized spacial score (nSPS) is 16.3. The van der Waals surface area contributed by atoms with Gasteiger partial charge in [0, 0.05) is 43.7 Å². The van der Waals surface area contributed by atoms with E-state index in [4.69, 9.17) is 4.74 Å². The van der Waals surface area contributed by atoms with Gasteiger partial charge in [-0.2, -0.15) is 0 Å². The van der Waals surface area contributed by atoms with Crippen LogP contribution in [0.2, 0.25) is 0 Å². The second-order valence-electron chi connectivity index (χ2n) is 8.08. The molecule has 2 aromatic rings. The van der Waals surface area contributed by atoms with E-state index in [-0.39, 0.29) is 11.5 Å². The van der Waals surface area contributed by atoms with E-state index in [0.717, 1.165) is 37.2 Å². The van der Waals surface area contributed by atoms with Crippen molar-refractivity contribution in [3.63, 3.8) is 0 Å². The van der Waals surface area contributed by atoms with Crippen LogP contribution < -0.4 is 4.74 Å². The van der Waals surface area contributed by atoms with Gasteiger partial charge in [0.25, 0.3) is 0 Å². The number of nitrogens with zero attached hydrogens (tertiary/aromatic N) is 4. The zero-order chi connectivity index (χ0) is 19.3. The lowest BCUT2D eigenvalue weighted by atomic mass is 9.89. The van der Waals surface area contributed by atoms with Gasteiger partial charge >= 0.3 is 0 Å². The van der Waals surface area contributed by atoms with Crippen molar-refractivity contribution in [3.05, 3.63) is 48.2 Å². The largest absolute Gasteiger partial charge is 0.471 e. The van der Waals surface area contributed by atoms with Crippen LogP contribution in [0.25, 0.3) is 0 Å². The molecule has 3 rings (SSSR count). The average molecular weight is 368 g/mol. The highest BCUT2D eigenvalue weighted by molar-refractivity contribution is 5.83. The molecule has 1 aliphatic heterocycles. The second kappa shape index (κ2) is 8.57. The Labute approximate surface area is 161 Å². The van der Waals surface area contributed by atoms with E-state index in [1.807, 2.05) is 32.9 Å². The minimum Gasteiger partial charge on any atom is -0.471 e. The highest BCUT2D eigenvalue weighted by Gasteiger charge is 2.26. The van der Waals surface area contributed by atoms with E-state index in [9.17, 15) is 4.79 Å². The van der Waals surface area contributed by atoms with Crippen molar-refractivity contribution in [2.24, 2.45) is 5.92 Å². The molecule has 0 aliphatic carbocycles. The fourth-order valence-corrected chi connectivity index (χ4v) is 3.31. The van der Waals surface area contributed by atoms with E-state index in [0.29, 0.717) is 24.6 Å². The number of carbonyl (C=O) groups excluding carboxylic acids is 1. The summed E-state index contributed by atoms with van der Waals surface area (Å²) in [5.74, 6) is 1.05. The predicted octanol–water partition coefficient (Wildman–Crippen LogP) is 3.07. The van der Waals surface area contributed by atoms with Gasteiger partial charge in [-0.1, -0.05) is 6.07 Å². The molecule has 6 nitrogen and oxygen atoms in total. The SMILES string of the molecule is CC(C)(C)Oc1nccnc1CN1CCC(C(=O)Cc2cccnc2)CC1. The lowest BCUT2D eigenvalue weighted by Gasteiger charge is -2.31. The van der Waals surface area contributed by atoms with Crippen LogP contribution >= 0.6 is 0 Å². The van der Waals surface area contributed by atoms with Gasteiger partial charge < -0.3 is 4.74 Å². The van der Waals surface area contributed by atoms with Gasteiger partial charge in [0.15, 0.2) is 0 Å². The maximum Gasteiger partial charge on any atom is 0.237 e. The number of hydrogen-bond donors (Lipinski definition) is 0. The summed E-state index contributed by atoms with van der Waals surface area (Å²) in [7, 11) is 0. The molecule has 27 heavy (non-hydrogen) atoms. The molecule has 0 atom stereocenters. The van der Waals surface area contributed by atoms with E-state index in [2.05, 4.69) is 19.9 Å². The van der Waals surface area contributed by atoms with Crippen LogP contribution in [0.4, 0.5) is 0 Å². The molecule has 3 heterocycles.